The largest absolute Gasteiger partial charge is 0.383 e. The van der Waals surface area contributed by atoms with Crippen LogP contribution in [0.3, 0.4) is 0 Å². The van der Waals surface area contributed by atoms with E-state index >= 15 is 0 Å². The molecule has 1 atom stereocenters. The number of hydrogen-bond donors (Lipinski definition) is 1. The van der Waals surface area contributed by atoms with Gasteiger partial charge >= 0.3 is 0 Å². The maximum absolute atomic E-state index is 5.06. The summed E-state index contributed by atoms with van der Waals surface area (Å²) in [7, 11) is 1.71. The summed E-state index contributed by atoms with van der Waals surface area (Å²) in [5.74, 6) is 0. The van der Waals surface area contributed by atoms with Crippen LogP contribution in [0.1, 0.15) is 27.7 Å². The van der Waals surface area contributed by atoms with Crippen LogP contribution in [-0.2, 0) is 10.3 Å². The third-order valence-electron chi connectivity index (χ3n) is 2.10. The molecular formula is C11H21N3O. The van der Waals surface area contributed by atoms with Crippen molar-refractivity contribution < 1.29 is 4.74 Å². The molecule has 0 aliphatic heterocycles. The van der Waals surface area contributed by atoms with E-state index in [0.717, 1.165) is 5.69 Å². The minimum Gasteiger partial charge on any atom is -0.383 e. The highest BCUT2D eigenvalue weighted by Crippen LogP contribution is 2.16. The molecule has 15 heavy (non-hydrogen) atoms. The summed E-state index contributed by atoms with van der Waals surface area (Å²) in [4.78, 5) is 0. The molecule has 0 spiro atoms. The molecule has 0 amide bonds. The van der Waals surface area contributed by atoms with Gasteiger partial charge in [0.1, 0.15) is 0 Å². The lowest BCUT2D eigenvalue weighted by atomic mass is 10.1. The van der Waals surface area contributed by atoms with Crippen LogP contribution in [0.15, 0.2) is 12.4 Å². The SMILES string of the molecule is COCC(C)Nc1cnn(C(C)(C)C)c1. The highest BCUT2D eigenvalue weighted by Gasteiger charge is 2.14. The van der Waals surface area contributed by atoms with Crippen LogP contribution >= 0.6 is 0 Å². The molecule has 0 aliphatic carbocycles. The lowest BCUT2D eigenvalue weighted by Gasteiger charge is -2.19. The molecule has 86 valence electrons. The highest BCUT2D eigenvalue weighted by atomic mass is 16.5. The summed E-state index contributed by atoms with van der Waals surface area (Å²) in [6.45, 7) is 9.16. The zero-order chi connectivity index (χ0) is 11.5. The fourth-order valence-electron chi connectivity index (χ4n) is 1.34. The summed E-state index contributed by atoms with van der Waals surface area (Å²) in [5, 5.41) is 7.64. The van der Waals surface area contributed by atoms with Crippen LogP contribution in [0.4, 0.5) is 5.69 Å². The van der Waals surface area contributed by atoms with E-state index in [1.165, 1.54) is 0 Å². The van der Waals surface area contributed by atoms with Crippen LogP contribution in [0, 0.1) is 0 Å². The summed E-state index contributed by atoms with van der Waals surface area (Å²) in [6, 6.07) is 0.299. The van der Waals surface area contributed by atoms with Crippen molar-refractivity contribution in [3.05, 3.63) is 12.4 Å². The van der Waals surface area contributed by atoms with Crippen molar-refractivity contribution >= 4 is 5.69 Å². The van der Waals surface area contributed by atoms with Crippen molar-refractivity contribution in [2.75, 3.05) is 19.0 Å². The number of anilines is 1. The predicted molar refractivity (Wildman–Crippen MR) is 62.2 cm³/mol. The Hall–Kier alpha value is -1.03. The lowest BCUT2D eigenvalue weighted by molar-refractivity contribution is 0.190. The number of nitrogens with zero attached hydrogens (tertiary/aromatic N) is 2. The molecule has 1 heterocycles. The molecule has 1 unspecified atom stereocenters. The monoisotopic (exact) mass is 211 g/mol. The van der Waals surface area contributed by atoms with Gasteiger partial charge in [-0.3, -0.25) is 4.68 Å². The maximum Gasteiger partial charge on any atom is 0.0729 e. The molecule has 4 nitrogen and oxygen atoms in total. The van der Waals surface area contributed by atoms with E-state index in [2.05, 4.69) is 38.1 Å². The van der Waals surface area contributed by atoms with Gasteiger partial charge < -0.3 is 10.1 Å². The second kappa shape index (κ2) is 4.66. The van der Waals surface area contributed by atoms with Crippen molar-refractivity contribution in [3.63, 3.8) is 0 Å². The predicted octanol–water partition coefficient (Wildman–Crippen LogP) is 2.08. The van der Waals surface area contributed by atoms with Gasteiger partial charge in [-0.1, -0.05) is 0 Å². The van der Waals surface area contributed by atoms with E-state index < -0.39 is 0 Å². The third kappa shape index (κ3) is 3.55. The Morgan fingerprint density at radius 2 is 2.20 bits per heavy atom. The number of ether oxygens (including phenoxy) is 1. The summed E-state index contributed by atoms with van der Waals surface area (Å²) < 4.78 is 7.01. The fourth-order valence-corrected chi connectivity index (χ4v) is 1.34. The van der Waals surface area contributed by atoms with Gasteiger partial charge in [-0.25, -0.2) is 0 Å². The van der Waals surface area contributed by atoms with Crippen LogP contribution in [-0.4, -0.2) is 29.5 Å². The van der Waals surface area contributed by atoms with Gasteiger partial charge in [-0.2, -0.15) is 5.10 Å². The quantitative estimate of drug-likeness (QED) is 0.828. The van der Waals surface area contributed by atoms with E-state index in [0.29, 0.717) is 12.6 Å². The molecule has 0 aromatic carbocycles. The Labute approximate surface area is 91.6 Å². The van der Waals surface area contributed by atoms with Gasteiger partial charge in [0.05, 0.1) is 24.0 Å². The van der Waals surface area contributed by atoms with Crippen molar-refractivity contribution in [2.24, 2.45) is 0 Å². The van der Waals surface area contributed by atoms with E-state index in [-0.39, 0.29) is 5.54 Å². The van der Waals surface area contributed by atoms with Crippen LogP contribution in [0.5, 0.6) is 0 Å². The van der Waals surface area contributed by atoms with Crippen LogP contribution in [0.25, 0.3) is 0 Å². The van der Waals surface area contributed by atoms with E-state index in [1.54, 1.807) is 7.11 Å². The van der Waals surface area contributed by atoms with Crippen molar-refractivity contribution in [1.29, 1.82) is 0 Å². The molecule has 0 radical (unpaired) electrons. The third-order valence-corrected chi connectivity index (χ3v) is 2.10. The number of methoxy groups -OCH3 is 1. The summed E-state index contributed by atoms with van der Waals surface area (Å²) in [6.07, 6.45) is 3.86. The Morgan fingerprint density at radius 1 is 1.53 bits per heavy atom. The van der Waals surface area contributed by atoms with Gasteiger partial charge in [0.15, 0.2) is 0 Å². The average molecular weight is 211 g/mol. The standard InChI is InChI=1S/C11H21N3O/c1-9(8-15-5)13-10-6-12-14(7-10)11(2,3)4/h6-7,9,13H,8H2,1-5H3. The van der Waals surface area contributed by atoms with E-state index in [1.807, 2.05) is 17.1 Å². The normalized spacial score (nSPS) is 13.9. The molecule has 1 rings (SSSR count). The number of rotatable bonds is 4. The first kappa shape index (κ1) is 12.0. The Morgan fingerprint density at radius 3 is 2.67 bits per heavy atom. The summed E-state index contributed by atoms with van der Waals surface area (Å²) >= 11 is 0. The molecule has 0 bridgehead atoms. The summed E-state index contributed by atoms with van der Waals surface area (Å²) in [5.41, 5.74) is 1.07. The Kier molecular flexibility index (Phi) is 3.74. The second-order valence-corrected chi connectivity index (χ2v) is 4.85. The topological polar surface area (TPSA) is 39.1 Å². The molecule has 0 saturated heterocycles. The molecule has 0 aliphatic rings. The molecule has 1 aromatic rings. The smallest absolute Gasteiger partial charge is 0.0729 e. The average Bonchev–Trinajstić information content (AvgIpc) is 2.52. The first-order valence-electron chi connectivity index (χ1n) is 5.24. The number of hydrogen-bond acceptors (Lipinski definition) is 3. The van der Waals surface area contributed by atoms with Crippen molar-refractivity contribution in [3.8, 4) is 0 Å². The van der Waals surface area contributed by atoms with E-state index in [4.69, 9.17) is 4.74 Å². The number of nitrogens with one attached hydrogen (secondary N) is 1. The van der Waals surface area contributed by atoms with Gasteiger partial charge in [0, 0.05) is 19.3 Å². The number of aromatic nitrogens is 2. The molecule has 0 saturated carbocycles. The molecule has 4 heteroatoms. The highest BCUT2D eigenvalue weighted by molar-refractivity contribution is 5.39. The lowest BCUT2D eigenvalue weighted by Crippen LogP contribution is -2.22. The Balaban J connectivity index is 2.61. The van der Waals surface area contributed by atoms with Crippen molar-refractivity contribution in [2.45, 2.75) is 39.3 Å². The Bertz CT molecular complexity index is 301. The van der Waals surface area contributed by atoms with Crippen LogP contribution in [0.2, 0.25) is 0 Å². The zero-order valence-electron chi connectivity index (χ0n) is 10.2. The first-order valence-corrected chi connectivity index (χ1v) is 5.24. The first-order chi connectivity index (χ1) is 6.93. The molecule has 1 aromatic heterocycles. The minimum absolute atomic E-state index is 0.0322. The molecule has 1 N–H and O–H groups in total. The molecule has 0 fully saturated rings. The van der Waals surface area contributed by atoms with Gasteiger partial charge in [-0.15, -0.1) is 0 Å². The van der Waals surface area contributed by atoms with Crippen LogP contribution < -0.4 is 5.32 Å². The zero-order valence-corrected chi connectivity index (χ0v) is 10.2. The second-order valence-electron chi connectivity index (χ2n) is 4.85. The van der Waals surface area contributed by atoms with Gasteiger partial charge in [-0.05, 0) is 27.7 Å². The van der Waals surface area contributed by atoms with E-state index in [9.17, 15) is 0 Å². The van der Waals surface area contributed by atoms with Gasteiger partial charge in [0.25, 0.3) is 0 Å². The molecular weight excluding hydrogens is 190 g/mol. The maximum atomic E-state index is 5.06. The fraction of sp³-hybridized carbons (Fsp3) is 0.727. The van der Waals surface area contributed by atoms with Gasteiger partial charge in [0.2, 0.25) is 0 Å². The van der Waals surface area contributed by atoms with Crippen molar-refractivity contribution in [1.82, 2.24) is 9.78 Å². The minimum atomic E-state index is 0.0322.